The van der Waals surface area contributed by atoms with Crippen molar-refractivity contribution in [2.24, 2.45) is 0 Å². The van der Waals surface area contributed by atoms with Crippen LogP contribution in [-0.4, -0.2) is 19.6 Å². The lowest BCUT2D eigenvalue weighted by molar-refractivity contribution is 0.300. The van der Waals surface area contributed by atoms with Gasteiger partial charge in [0.05, 0.1) is 10.7 Å². The summed E-state index contributed by atoms with van der Waals surface area (Å²) in [5, 5.41) is 12.4. The first-order chi connectivity index (χ1) is 13.2. The molecule has 4 rings (SSSR count). The third-order valence-electron chi connectivity index (χ3n) is 3.89. The molecule has 132 valence electrons. The Balaban J connectivity index is 1.65. The van der Waals surface area contributed by atoms with E-state index >= 15 is 0 Å². The van der Waals surface area contributed by atoms with E-state index in [1.54, 1.807) is 18.2 Å². The van der Waals surface area contributed by atoms with Crippen molar-refractivity contribution in [3.05, 3.63) is 81.2 Å². The van der Waals surface area contributed by atoms with Gasteiger partial charge in [-0.15, -0.1) is 0 Å². The Bertz CT molecular complexity index is 1220. The highest BCUT2D eigenvalue weighted by Gasteiger charge is 2.12. The maximum absolute atomic E-state index is 12.4. The number of hydrogen-bond acceptors (Lipinski definition) is 5. The van der Waals surface area contributed by atoms with E-state index in [1.165, 1.54) is 10.6 Å². The Morgan fingerprint density at radius 1 is 1.15 bits per heavy atom. The molecule has 4 aromatic rings. The third-order valence-corrected chi connectivity index (χ3v) is 4.21. The number of benzene rings is 2. The van der Waals surface area contributed by atoms with Crippen LogP contribution in [0.4, 0.5) is 0 Å². The van der Waals surface area contributed by atoms with Gasteiger partial charge in [-0.05, 0) is 12.1 Å². The minimum Gasteiger partial charge on any atom is -0.486 e. The molecule has 7 nitrogen and oxygen atoms in total. The number of rotatable bonds is 4. The van der Waals surface area contributed by atoms with Crippen molar-refractivity contribution in [1.82, 2.24) is 19.6 Å². The van der Waals surface area contributed by atoms with Crippen LogP contribution in [0.25, 0.3) is 17.2 Å². The molecule has 0 unspecified atom stereocenters. The lowest BCUT2D eigenvalue weighted by atomic mass is 10.2. The SMILES string of the molecule is N#Cc1c(Cl)cccc1OCc1cc(=O)n2[nH]c(-c3ccccc3)nc2n1. The number of aromatic nitrogens is 4. The summed E-state index contributed by atoms with van der Waals surface area (Å²) in [7, 11) is 0. The normalized spacial score (nSPS) is 10.7. The van der Waals surface area contributed by atoms with Crippen LogP contribution >= 0.6 is 11.6 Å². The van der Waals surface area contributed by atoms with Gasteiger partial charge in [0, 0.05) is 11.6 Å². The highest BCUT2D eigenvalue weighted by molar-refractivity contribution is 6.31. The number of hydrogen-bond donors (Lipinski definition) is 1. The molecule has 0 aliphatic carbocycles. The molecule has 0 fully saturated rings. The van der Waals surface area contributed by atoms with Gasteiger partial charge in [0.1, 0.15) is 24.0 Å². The first-order valence-corrected chi connectivity index (χ1v) is 8.39. The number of nitrogens with one attached hydrogen (secondary N) is 1. The second-order valence-corrected chi connectivity index (χ2v) is 6.08. The van der Waals surface area contributed by atoms with Crippen LogP contribution < -0.4 is 10.3 Å². The van der Waals surface area contributed by atoms with Crippen LogP contribution in [-0.2, 0) is 6.61 Å². The number of nitriles is 1. The summed E-state index contributed by atoms with van der Waals surface area (Å²) >= 11 is 5.99. The van der Waals surface area contributed by atoms with Gasteiger partial charge in [-0.3, -0.25) is 9.89 Å². The predicted octanol–water partition coefficient (Wildman–Crippen LogP) is 3.19. The molecule has 0 bridgehead atoms. The summed E-state index contributed by atoms with van der Waals surface area (Å²) in [5.74, 6) is 1.12. The van der Waals surface area contributed by atoms with Crippen molar-refractivity contribution in [2.75, 3.05) is 0 Å². The van der Waals surface area contributed by atoms with E-state index in [-0.39, 0.29) is 23.5 Å². The Morgan fingerprint density at radius 3 is 2.74 bits per heavy atom. The molecular formula is C19H12ClN5O2. The maximum Gasteiger partial charge on any atom is 0.274 e. The molecule has 2 aromatic heterocycles. The van der Waals surface area contributed by atoms with Crippen LogP contribution in [0.5, 0.6) is 5.75 Å². The molecule has 0 aliphatic rings. The zero-order valence-corrected chi connectivity index (χ0v) is 14.6. The molecule has 0 spiro atoms. The van der Waals surface area contributed by atoms with Gasteiger partial charge in [0.25, 0.3) is 11.3 Å². The number of halogens is 1. The fourth-order valence-corrected chi connectivity index (χ4v) is 2.82. The quantitative estimate of drug-likeness (QED) is 0.589. The average molecular weight is 378 g/mol. The van der Waals surface area contributed by atoms with E-state index in [0.717, 1.165) is 5.56 Å². The second kappa shape index (κ2) is 6.94. The summed E-state index contributed by atoms with van der Waals surface area (Å²) in [4.78, 5) is 21.1. The molecule has 2 heterocycles. The monoisotopic (exact) mass is 377 g/mol. The largest absolute Gasteiger partial charge is 0.486 e. The van der Waals surface area contributed by atoms with Gasteiger partial charge in [0.15, 0.2) is 5.82 Å². The number of ether oxygens (including phenoxy) is 1. The first-order valence-electron chi connectivity index (χ1n) is 8.01. The summed E-state index contributed by atoms with van der Waals surface area (Å²) in [6.07, 6.45) is 0. The molecular weight excluding hydrogens is 366 g/mol. The smallest absolute Gasteiger partial charge is 0.274 e. The van der Waals surface area contributed by atoms with E-state index in [2.05, 4.69) is 15.1 Å². The van der Waals surface area contributed by atoms with Crippen molar-refractivity contribution in [2.45, 2.75) is 6.61 Å². The molecule has 0 saturated carbocycles. The van der Waals surface area contributed by atoms with Crippen LogP contribution in [0.2, 0.25) is 5.02 Å². The van der Waals surface area contributed by atoms with Gasteiger partial charge < -0.3 is 4.74 Å². The molecule has 1 N–H and O–H groups in total. The fraction of sp³-hybridized carbons (Fsp3) is 0.0526. The van der Waals surface area contributed by atoms with Crippen molar-refractivity contribution < 1.29 is 4.74 Å². The highest BCUT2D eigenvalue weighted by atomic mass is 35.5. The zero-order chi connectivity index (χ0) is 18.8. The highest BCUT2D eigenvalue weighted by Crippen LogP contribution is 2.25. The Kier molecular flexibility index (Phi) is 4.32. The average Bonchev–Trinajstić information content (AvgIpc) is 3.12. The molecule has 2 aromatic carbocycles. The number of aromatic amines is 1. The number of H-pyrrole nitrogens is 1. The van der Waals surface area contributed by atoms with E-state index in [9.17, 15) is 10.1 Å². The van der Waals surface area contributed by atoms with Gasteiger partial charge >= 0.3 is 0 Å². The summed E-state index contributed by atoms with van der Waals surface area (Å²) in [5.41, 5.74) is 1.18. The maximum atomic E-state index is 12.4. The van der Waals surface area contributed by atoms with E-state index in [1.807, 2.05) is 36.4 Å². The Labute approximate surface area is 158 Å². The molecule has 8 heteroatoms. The van der Waals surface area contributed by atoms with Crippen LogP contribution in [0, 0.1) is 11.3 Å². The zero-order valence-electron chi connectivity index (χ0n) is 13.9. The molecule has 0 aliphatic heterocycles. The number of fused-ring (bicyclic) bond motifs is 1. The second-order valence-electron chi connectivity index (χ2n) is 5.67. The summed E-state index contributed by atoms with van der Waals surface area (Å²) < 4.78 is 6.90. The lowest BCUT2D eigenvalue weighted by Crippen LogP contribution is -2.16. The molecule has 27 heavy (non-hydrogen) atoms. The van der Waals surface area contributed by atoms with E-state index in [4.69, 9.17) is 16.3 Å². The lowest BCUT2D eigenvalue weighted by Gasteiger charge is -2.08. The van der Waals surface area contributed by atoms with E-state index < -0.39 is 0 Å². The summed E-state index contributed by atoms with van der Waals surface area (Å²) in [6.45, 7) is 0.00823. The third kappa shape index (κ3) is 3.26. The van der Waals surface area contributed by atoms with Crippen LogP contribution in [0.15, 0.2) is 59.4 Å². The molecule has 0 amide bonds. The van der Waals surface area contributed by atoms with Crippen molar-refractivity contribution in [3.63, 3.8) is 0 Å². The summed E-state index contributed by atoms with van der Waals surface area (Å²) in [6, 6.07) is 17.7. The van der Waals surface area contributed by atoms with Gasteiger partial charge in [-0.1, -0.05) is 48.0 Å². The topological polar surface area (TPSA) is 96.1 Å². The van der Waals surface area contributed by atoms with E-state index in [0.29, 0.717) is 22.3 Å². The van der Waals surface area contributed by atoms with Gasteiger partial charge in [-0.2, -0.15) is 14.8 Å². The first kappa shape index (κ1) is 16.8. The molecule has 0 saturated heterocycles. The minimum absolute atomic E-state index is 0.00823. The standard InChI is InChI=1S/C19H12ClN5O2/c20-15-7-4-8-16(14(15)10-21)27-11-13-9-17(26)25-19(22-13)23-18(24-25)12-5-2-1-3-6-12/h1-9H,11H2,(H,22,23,24). The predicted molar refractivity (Wildman–Crippen MR) is 99.5 cm³/mol. The minimum atomic E-state index is -0.306. The Morgan fingerprint density at radius 2 is 1.96 bits per heavy atom. The number of nitrogens with zero attached hydrogens (tertiary/aromatic N) is 4. The van der Waals surface area contributed by atoms with Crippen LogP contribution in [0.3, 0.4) is 0 Å². The van der Waals surface area contributed by atoms with Crippen molar-refractivity contribution in [3.8, 4) is 23.2 Å². The van der Waals surface area contributed by atoms with Crippen molar-refractivity contribution >= 4 is 17.4 Å². The van der Waals surface area contributed by atoms with Gasteiger partial charge in [0.2, 0.25) is 0 Å². The van der Waals surface area contributed by atoms with Crippen LogP contribution in [0.1, 0.15) is 11.3 Å². The fourth-order valence-electron chi connectivity index (χ4n) is 2.61. The Hall–Kier alpha value is -3.63. The van der Waals surface area contributed by atoms with Crippen molar-refractivity contribution in [1.29, 1.82) is 5.26 Å². The molecule has 0 radical (unpaired) electrons. The van der Waals surface area contributed by atoms with Gasteiger partial charge in [-0.25, -0.2) is 4.98 Å². The molecule has 0 atom stereocenters.